The summed E-state index contributed by atoms with van der Waals surface area (Å²) < 4.78 is 15.0. The quantitative estimate of drug-likeness (QED) is 0.440. The van der Waals surface area contributed by atoms with Crippen LogP contribution in [0.4, 0.5) is 0 Å². The standard InChI is InChI=1S/C23H34N2O7/c1-6-31-20(27)13-12-18(23(29)32-7-2)24-22(28)21(15(3)4)25-19(26)14-16-8-10-17(30-5)11-9-16/h8-11,15,18,21H,6-7,12-14H2,1-5H3,(H,24,28)(H,25,26)/t18-,21+/m1/s1. The van der Waals surface area contributed by atoms with Crippen LogP contribution in [0.3, 0.4) is 0 Å². The van der Waals surface area contributed by atoms with Gasteiger partial charge in [0.05, 0.1) is 26.7 Å². The maximum atomic E-state index is 12.9. The van der Waals surface area contributed by atoms with Gasteiger partial charge in [-0.3, -0.25) is 14.4 Å². The fraction of sp³-hybridized carbons (Fsp3) is 0.565. The van der Waals surface area contributed by atoms with Crippen LogP contribution in [0.25, 0.3) is 0 Å². The Balaban J connectivity index is 2.80. The number of carbonyl (C=O) groups excluding carboxylic acids is 4. The monoisotopic (exact) mass is 450 g/mol. The summed E-state index contributed by atoms with van der Waals surface area (Å²) in [5, 5.41) is 5.34. The van der Waals surface area contributed by atoms with Gasteiger partial charge in [-0.25, -0.2) is 4.79 Å². The van der Waals surface area contributed by atoms with Crippen LogP contribution in [0.1, 0.15) is 46.1 Å². The van der Waals surface area contributed by atoms with Gasteiger partial charge in [0.15, 0.2) is 0 Å². The lowest BCUT2D eigenvalue weighted by Gasteiger charge is -2.25. The number of amides is 2. The highest BCUT2D eigenvalue weighted by Gasteiger charge is 2.29. The molecule has 0 spiro atoms. The van der Waals surface area contributed by atoms with Crippen LogP contribution >= 0.6 is 0 Å². The van der Waals surface area contributed by atoms with Crippen molar-refractivity contribution in [2.24, 2.45) is 5.92 Å². The fourth-order valence-corrected chi connectivity index (χ4v) is 2.94. The zero-order chi connectivity index (χ0) is 24.1. The van der Waals surface area contributed by atoms with Crippen LogP contribution in [-0.4, -0.2) is 56.2 Å². The molecule has 9 heteroatoms. The molecule has 178 valence electrons. The second-order valence-corrected chi connectivity index (χ2v) is 7.47. The molecule has 0 unspecified atom stereocenters. The Kier molecular flexibility index (Phi) is 11.8. The Morgan fingerprint density at radius 3 is 2.09 bits per heavy atom. The highest BCUT2D eigenvalue weighted by atomic mass is 16.5. The van der Waals surface area contributed by atoms with E-state index in [4.69, 9.17) is 14.2 Å². The Hall–Kier alpha value is -3.10. The van der Waals surface area contributed by atoms with Crippen LogP contribution in [0.2, 0.25) is 0 Å². The van der Waals surface area contributed by atoms with E-state index >= 15 is 0 Å². The van der Waals surface area contributed by atoms with Gasteiger partial charge in [0, 0.05) is 6.42 Å². The molecule has 0 aromatic heterocycles. The Morgan fingerprint density at radius 2 is 1.56 bits per heavy atom. The number of esters is 2. The van der Waals surface area contributed by atoms with Crippen LogP contribution < -0.4 is 15.4 Å². The van der Waals surface area contributed by atoms with Gasteiger partial charge in [-0.15, -0.1) is 0 Å². The third kappa shape index (κ3) is 9.36. The number of benzene rings is 1. The molecule has 1 aromatic rings. The van der Waals surface area contributed by atoms with Crippen LogP contribution in [-0.2, 0) is 35.1 Å². The lowest BCUT2D eigenvalue weighted by Crippen LogP contribution is -2.54. The Bertz CT molecular complexity index is 762. The summed E-state index contributed by atoms with van der Waals surface area (Å²) in [6.45, 7) is 7.27. The number of carbonyl (C=O) groups is 4. The third-order valence-electron chi connectivity index (χ3n) is 4.62. The van der Waals surface area contributed by atoms with Gasteiger partial charge in [-0.2, -0.15) is 0 Å². The molecule has 1 aromatic carbocycles. The van der Waals surface area contributed by atoms with Crippen molar-refractivity contribution in [3.8, 4) is 5.75 Å². The summed E-state index contributed by atoms with van der Waals surface area (Å²) in [5.41, 5.74) is 0.769. The minimum Gasteiger partial charge on any atom is -0.497 e. The van der Waals surface area contributed by atoms with E-state index in [1.54, 1.807) is 59.1 Å². The molecule has 0 saturated heterocycles. The second kappa shape index (κ2) is 14.1. The zero-order valence-electron chi connectivity index (χ0n) is 19.4. The molecule has 2 atom stereocenters. The molecule has 0 saturated carbocycles. The summed E-state index contributed by atoms with van der Waals surface area (Å²) in [6, 6.07) is 5.17. The number of ether oxygens (including phenoxy) is 3. The molecular weight excluding hydrogens is 416 g/mol. The van der Waals surface area contributed by atoms with Gasteiger partial charge in [0.2, 0.25) is 11.8 Å². The van der Waals surface area contributed by atoms with Crippen molar-refractivity contribution in [3.05, 3.63) is 29.8 Å². The number of nitrogens with one attached hydrogen (secondary N) is 2. The first kappa shape index (κ1) is 26.9. The van der Waals surface area contributed by atoms with Gasteiger partial charge in [-0.05, 0) is 43.9 Å². The van der Waals surface area contributed by atoms with Crippen LogP contribution in [0.5, 0.6) is 5.75 Å². The molecular formula is C23H34N2O7. The summed E-state index contributed by atoms with van der Waals surface area (Å²) >= 11 is 0. The van der Waals surface area contributed by atoms with E-state index in [1.165, 1.54) is 0 Å². The van der Waals surface area contributed by atoms with Crippen molar-refractivity contribution >= 4 is 23.8 Å². The molecule has 0 aliphatic rings. The molecule has 0 aliphatic heterocycles. The van der Waals surface area contributed by atoms with Crippen molar-refractivity contribution in [2.75, 3.05) is 20.3 Å². The molecule has 0 radical (unpaired) electrons. The van der Waals surface area contributed by atoms with Gasteiger partial charge in [-0.1, -0.05) is 26.0 Å². The zero-order valence-corrected chi connectivity index (χ0v) is 19.4. The minimum atomic E-state index is -1.02. The summed E-state index contributed by atoms with van der Waals surface area (Å²) in [6.07, 6.45) is 0.0758. The first-order chi connectivity index (χ1) is 15.2. The van der Waals surface area contributed by atoms with E-state index in [2.05, 4.69) is 10.6 Å². The van der Waals surface area contributed by atoms with E-state index in [-0.39, 0.29) is 44.3 Å². The minimum absolute atomic E-state index is 0.0357. The highest BCUT2D eigenvalue weighted by Crippen LogP contribution is 2.12. The van der Waals surface area contributed by atoms with Gasteiger partial charge >= 0.3 is 11.9 Å². The summed E-state index contributed by atoms with van der Waals surface area (Å²) in [4.78, 5) is 49.3. The third-order valence-corrected chi connectivity index (χ3v) is 4.62. The van der Waals surface area contributed by atoms with Crippen molar-refractivity contribution < 1.29 is 33.4 Å². The van der Waals surface area contributed by atoms with Crippen molar-refractivity contribution in [1.29, 1.82) is 0 Å². The normalized spacial score (nSPS) is 12.4. The molecule has 0 fully saturated rings. The van der Waals surface area contributed by atoms with E-state index in [0.717, 1.165) is 5.56 Å². The molecule has 32 heavy (non-hydrogen) atoms. The average molecular weight is 451 g/mol. The number of hydrogen-bond donors (Lipinski definition) is 2. The molecule has 2 N–H and O–H groups in total. The van der Waals surface area contributed by atoms with Crippen molar-refractivity contribution in [2.45, 2.75) is 59.0 Å². The smallest absolute Gasteiger partial charge is 0.328 e. The maximum Gasteiger partial charge on any atom is 0.328 e. The van der Waals surface area contributed by atoms with Crippen molar-refractivity contribution in [1.82, 2.24) is 10.6 Å². The lowest BCUT2D eigenvalue weighted by molar-refractivity contribution is -0.149. The number of methoxy groups -OCH3 is 1. The SMILES string of the molecule is CCOC(=O)CC[C@@H](NC(=O)[C@@H](NC(=O)Cc1ccc(OC)cc1)C(C)C)C(=O)OCC. The van der Waals surface area contributed by atoms with E-state index in [1.807, 2.05) is 0 Å². The first-order valence-corrected chi connectivity index (χ1v) is 10.8. The second-order valence-electron chi connectivity index (χ2n) is 7.47. The number of hydrogen-bond acceptors (Lipinski definition) is 7. The molecule has 0 bridgehead atoms. The van der Waals surface area contributed by atoms with E-state index in [9.17, 15) is 19.2 Å². The molecule has 9 nitrogen and oxygen atoms in total. The molecule has 0 aliphatic carbocycles. The largest absolute Gasteiger partial charge is 0.497 e. The Labute approximate surface area is 189 Å². The van der Waals surface area contributed by atoms with Crippen LogP contribution in [0.15, 0.2) is 24.3 Å². The number of rotatable bonds is 13. The maximum absolute atomic E-state index is 12.9. The summed E-state index contributed by atoms with van der Waals surface area (Å²) in [7, 11) is 1.56. The molecule has 1 rings (SSSR count). The van der Waals surface area contributed by atoms with Crippen molar-refractivity contribution in [3.63, 3.8) is 0 Å². The predicted octanol–water partition coefficient (Wildman–Crippen LogP) is 1.77. The fourth-order valence-electron chi connectivity index (χ4n) is 2.94. The van der Waals surface area contributed by atoms with Gasteiger partial charge in [0.25, 0.3) is 0 Å². The topological polar surface area (TPSA) is 120 Å². The highest BCUT2D eigenvalue weighted by molar-refractivity contribution is 5.91. The van der Waals surface area contributed by atoms with E-state index in [0.29, 0.717) is 5.75 Å². The molecule has 0 heterocycles. The Morgan fingerprint density at radius 1 is 0.938 bits per heavy atom. The van der Waals surface area contributed by atoms with Crippen LogP contribution in [0, 0.1) is 5.92 Å². The summed E-state index contributed by atoms with van der Waals surface area (Å²) in [5.74, 6) is -1.51. The first-order valence-electron chi connectivity index (χ1n) is 10.8. The lowest BCUT2D eigenvalue weighted by atomic mass is 10.0. The van der Waals surface area contributed by atoms with E-state index < -0.39 is 29.9 Å². The predicted molar refractivity (Wildman–Crippen MR) is 118 cm³/mol. The molecule has 2 amide bonds. The van der Waals surface area contributed by atoms with Gasteiger partial charge in [0.1, 0.15) is 17.8 Å². The average Bonchev–Trinajstić information content (AvgIpc) is 2.75. The van der Waals surface area contributed by atoms with Gasteiger partial charge < -0.3 is 24.8 Å².